The van der Waals surface area contributed by atoms with E-state index in [0.717, 1.165) is 11.1 Å². The Morgan fingerprint density at radius 2 is 1.80 bits per heavy atom. The number of nitrogens with one attached hydrogen (secondary N) is 1. The van der Waals surface area contributed by atoms with Crippen molar-refractivity contribution in [3.8, 4) is 0 Å². The van der Waals surface area contributed by atoms with Gasteiger partial charge in [-0.3, -0.25) is 4.79 Å². The molecule has 0 heterocycles. The van der Waals surface area contributed by atoms with Crippen LogP contribution in [0.2, 0.25) is 0 Å². The molecule has 2 aromatic rings. The van der Waals surface area contributed by atoms with Crippen LogP contribution in [0, 0.1) is 6.92 Å². The first-order valence-electron chi connectivity index (χ1n) is 6.33. The van der Waals surface area contributed by atoms with Crippen molar-refractivity contribution in [1.82, 2.24) is 5.43 Å². The number of benzene rings is 2. The number of hydrazone groups is 1. The summed E-state index contributed by atoms with van der Waals surface area (Å²) in [5.41, 5.74) is 12.2. The van der Waals surface area contributed by atoms with Gasteiger partial charge < -0.3 is 5.73 Å². The van der Waals surface area contributed by atoms with Crippen LogP contribution < -0.4 is 11.2 Å². The van der Waals surface area contributed by atoms with E-state index in [2.05, 4.69) is 10.5 Å². The molecule has 4 heteroatoms. The normalized spacial score (nSPS) is 11.2. The number of nitrogen functional groups attached to an aromatic ring is 1. The molecular formula is C16H17N3O. The van der Waals surface area contributed by atoms with Crippen molar-refractivity contribution in [2.75, 3.05) is 5.73 Å². The first-order chi connectivity index (χ1) is 9.56. The summed E-state index contributed by atoms with van der Waals surface area (Å²) in [6, 6.07) is 14.7. The Bertz CT molecular complexity index is 645. The van der Waals surface area contributed by atoms with Crippen molar-refractivity contribution in [3.63, 3.8) is 0 Å². The molecule has 0 atom stereocenters. The lowest BCUT2D eigenvalue weighted by Gasteiger charge is -2.04. The molecule has 3 N–H and O–H groups in total. The average Bonchev–Trinajstić information content (AvgIpc) is 2.45. The highest BCUT2D eigenvalue weighted by Gasteiger charge is 2.04. The van der Waals surface area contributed by atoms with Gasteiger partial charge in [0.1, 0.15) is 0 Å². The number of carbonyl (C=O) groups is 1. The summed E-state index contributed by atoms with van der Waals surface area (Å²) in [7, 11) is 0. The monoisotopic (exact) mass is 267 g/mol. The van der Waals surface area contributed by atoms with Crippen LogP contribution in [0.3, 0.4) is 0 Å². The topological polar surface area (TPSA) is 67.5 Å². The summed E-state index contributed by atoms with van der Waals surface area (Å²) in [6.45, 7) is 3.80. The van der Waals surface area contributed by atoms with Crippen LogP contribution >= 0.6 is 0 Å². The van der Waals surface area contributed by atoms with E-state index in [1.165, 1.54) is 0 Å². The maximum absolute atomic E-state index is 11.9. The molecular weight excluding hydrogens is 250 g/mol. The summed E-state index contributed by atoms with van der Waals surface area (Å²) in [4.78, 5) is 11.9. The number of nitrogens with two attached hydrogens (primary N) is 1. The second-order valence-electron chi connectivity index (χ2n) is 4.63. The van der Waals surface area contributed by atoms with Gasteiger partial charge >= 0.3 is 0 Å². The number of amides is 1. The lowest BCUT2D eigenvalue weighted by Crippen LogP contribution is -2.19. The van der Waals surface area contributed by atoms with Crippen molar-refractivity contribution in [1.29, 1.82) is 0 Å². The van der Waals surface area contributed by atoms with E-state index in [1.807, 2.05) is 50.2 Å². The van der Waals surface area contributed by atoms with Gasteiger partial charge in [-0.2, -0.15) is 5.10 Å². The van der Waals surface area contributed by atoms with Gasteiger partial charge in [0.05, 0.1) is 5.71 Å². The number of carbonyl (C=O) groups excluding carboxylic acids is 1. The van der Waals surface area contributed by atoms with Crippen LogP contribution in [0.25, 0.3) is 0 Å². The Kier molecular flexibility index (Phi) is 4.15. The fourth-order valence-electron chi connectivity index (χ4n) is 1.73. The maximum Gasteiger partial charge on any atom is 0.271 e. The summed E-state index contributed by atoms with van der Waals surface area (Å²) in [5, 5.41) is 4.10. The Hall–Kier alpha value is -2.62. The van der Waals surface area contributed by atoms with E-state index in [-0.39, 0.29) is 5.91 Å². The summed E-state index contributed by atoms with van der Waals surface area (Å²) in [6.07, 6.45) is 0. The number of nitrogens with zero attached hydrogens (tertiary/aromatic N) is 1. The van der Waals surface area contributed by atoms with Crippen molar-refractivity contribution < 1.29 is 4.79 Å². The van der Waals surface area contributed by atoms with E-state index in [1.54, 1.807) is 12.1 Å². The lowest BCUT2D eigenvalue weighted by atomic mass is 10.1. The van der Waals surface area contributed by atoms with Gasteiger partial charge in [0.25, 0.3) is 5.91 Å². The molecule has 0 unspecified atom stereocenters. The fraction of sp³-hybridized carbons (Fsp3) is 0.125. The zero-order chi connectivity index (χ0) is 14.5. The van der Waals surface area contributed by atoms with Crippen molar-refractivity contribution >= 4 is 17.3 Å². The van der Waals surface area contributed by atoms with Gasteiger partial charge in [-0.15, -0.1) is 0 Å². The SMILES string of the molecule is C/C(=N/NC(=O)c1ccc(C)cc1)c1cccc(N)c1. The van der Waals surface area contributed by atoms with Gasteiger partial charge in [0.2, 0.25) is 0 Å². The highest BCUT2D eigenvalue weighted by molar-refractivity contribution is 6.01. The predicted octanol–water partition coefficient (Wildman–Crippen LogP) is 2.73. The first-order valence-corrected chi connectivity index (χ1v) is 6.33. The molecule has 0 spiro atoms. The third-order valence-electron chi connectivity index (χ3n) is 2.94. The molecule has 0 aliphatic rings. The molecule has 1 amide bonds. The highest BCUT2D eigenvalue weighted by Crippen LogP contribution is 2.08. The summed E-state index contributed by atoms with van der Waals surface area (Å²) < 4.78 is 0. The minimum Gasteiger partial charge on any atom is -0.399 e. The number of rotatable bonds is 3. The molecule has 0 aromatic heterocycles. The molecule has 0 aliphatic heterocycles. The number of hydrogen-bond donors (Lipinski definition) is 2. The number of anilines is 1. The van der Waals surface area contributed by atoms with E-state index >= 15 is 0 Å². The van der Waals surface area contributed by atoms with E-state index < -0.39 is 0 Å². The second-order valence-corrected chi connectivity index (χ2v) is 4.63. The minimum absolute atomic E-state index is 0.228. The minimum atomic E-state index is -0.228. The second kappa shape index (κ2) is 6.02. The van der Waals surface area contributed by atoms with Gasteiger partial charge in [0, 0.05) is 11.3 Å². The van der Waals surface area contributed by atoms with Crippen LogP contribution in [-0.2, 0) is 0 Å². The van der Waals surface area contributed by atoms with E-state index in [4.69, 9.17) is 5.73 Å². The zero-order valence-corrected chi connectivity index (χ0v) is 11.6. The van der Waals surface area contributed by atoms with E-state index in [9.17, 15) is 4.79 Å². The Morgan fingerprint density at radius 1 is 1.10 bits per heavy atom. The molecule has 0 fully saturated rings. The standard InChI is InChI=1S/C16H17N3O/c1-11-6-8-13(9-7-11)16(20)19-18-12(2)14-4-3-5-15(17)10-14/h3-10H,17H2,1-2H3,(H,19,20)/b18-12-. The van der Waals surface area contributed by atoms with Crippen molar-refractivity contribution in [2.45, 2.75) is 13.8 Å². The van der Waals surface area contributed by atoms with Crippen LogP contribution in [0.1, 0.15) is 28.4 Å². The number of aryl methyl sites for hydroxylation is 1. The summed E-state index contributed by atoms with van der Waals surface area (Å²) >= 11 is 0. The third-order valence-corrected chi connectivity index (χ3v) is 2.94. The molecule has 0 radical (unpaired) electrons. The molecule has 2 rings (SSSR count). The Labute approximate surface area is 118 Å². The quantitative estimate of drug-likeness (QED) is 0.510. The highest BCUT2D eigenvalue weighted by atomic mass is 16.2. The van der Waals surface area contributed by atoms with Crippen molar-refractivity contribution in [2.24, 2.45) is 5.10 Å². The molecule has 2 aromatic carbocycles. The smallest absolute Gasteiger partial charge is 0.271 e. The summed E-state index contributed by atoms with van der Waals surface area (Å²) in [5.74, 6) is -0.228. The van der Waals surface area contributed by atoms with Gasteiger partial charge in [-0.1, -0.05) is 29.8 Å². The molecule has 20 heavy (non-hydrogen) atoms. The van der Waals surface area contributed by atoms with Gasteiger partial charge in [0.15, 0.2) is 0 Å². The fourth-order valence-corrected chi connectivity index (χ4v) is 1.73. The molecule has 0 aliphatic carbocycles. The maximum atomic E-state index is 11.9. The first kappa shape index (κ1) is 13.8. The van der Waals surface area contributed by atoms with Crippen LogP contribution in [0.4, 0.5) is 5.69 Å². The number of hydrogen-bond acceptors (Lipinski definition) is 3. The van der Waals surface area contributed by atoms with Crippen molar-refractivity contribution in [3.05, 3.63) is 65.2 Å². The molecule has 102 valence electrons. The van der Waals surface area contributed by atoms with Gasteiger partial charge in [-0.25, -0.2) is 5.43 Å². The molecule has 0 saturated heterocycles. The van der Waals surface area contributed by atoms with Gasteiger partial charge in [-0.05, 0) is 43.7 Å². The van der Waals surface area contributed by atoms with Crippen LogP contribution in [-0.4, -0.2) is 11.6 Å². The molecule has 0 bridgehead atoms. The zero-order valence-electron chi connectivity index (χ0n) is 11.6. The predicted molar refractivity (Wildman–Crippen MR) is 81.7 cm³/mol. The lowest BCUT2D eigenvalue weighted by molar-refractivity contribution is 0.0955. The van der Waals surface area contributed by atoms with E-state index in [0.29, 0.717) is 17.0 Å². The Morgan fingerprint density at radius 3 is 2.45 bits per heavy atom. The average molecular weight is 267 g/mol. The largest absolute Gasteiger partial charge is 0.399 e. The molecule has 0 saturated carbocycles. The third kappa shape index (κ3) is 3.45. The molecule has 4 nitrogen and oxygen atoms in total. The Balaban J connectivity index is 2.08. The van der Waals surface area contributed by atoms with Crippen LogP contribution in [0.5, 0.6) is 0 Å². The van der Waals surface area contributed by atoms with Crippen LogP contribution in [0.15, 0.2) is 53.6 Å².